The number of amides is 2. The predicted octanol–water partition coefficient (Wildman–Crippen LogP) is 5.15. The van der Waals surface area contributed by atoms with Crippen LogP contribution in [0.3, 0.4) is 0 Å². The quantitative estimate of drug-likeness (QED) is 0.601. The molecule has 0 radical (unpaired) electrons. The summed E-state index contributed by atoms with van der Waals surface area (Å²) in [4.78, 5) is 18.6. The number of halogens is 3. The van der Waals surface area contributed by atoms with Crippen molar-refractivity contribution < 1.29 is 18.1 Å². The van der Waals surface area contributed by atoms with Crippen molar-refractivity contribution in [1.82, 2.24) is 15.0 Å². The summed E-state index contributed by atoms with van der Waals surface area (Å²) in [6.45, 7) is 0.531. The van der Waals surface area contributed by atoms with Gasteiger partial charge in [-0.3, -0.25) is 0 Å². The van der Waals surface area contributed by atoms with Gasteiger partial charge in [0.1, 0.15) is 17.7 Å². The number of rotatable bonds is 3. The number of hydrogen-bond acceptors (Lipinski definition) is 4. The number of benzene rings is 2. The molecule has 4 rings (SSSR count). The van der Waals surface area contributed by atoms with E-state index in [2.05, 4.69) is 31.4 Å². The number of anilines is 1. The fourth-order valence-electron chi connectivity index (χ4n) is 3.17. The van der Waals surface area contributed by atoms with Crippen molar-refractivity contribution >= 4 is 27.6 Å². The molecule has 1 atom stereocenters. The third-order valence-corrected chi connectivity index (χ3v) is 5.22. The number of carbonyl (C=O) groups excluding carboxylic acids is 1. The van der Waals surface area contributed by atoms with Crippen molar-refractivity contribution in [3.8, 4) is 11.4 Å². The molecule has 3 aromatic rings. The second kappa shape index (κ2) is 7.67. The number of para-hydroxylation sites is 1. The minimum atomic E-state index is -0.776. The highest BCUT2D eigenvalue weighted by molar-refractivity contribution is 9.10. The molecule has 1 aromatic heterocycles. The third-order valence-electron chi connectivity index (χ3n) is 4.53. The van der Waals surface area contributed by atoms with E-state index >= 15 is 0 Å². The maximum Gasteiger partial charge on any atom is 0.322 e. The summed E-state index contributed by atoms with van der Waals surface area (Å²) in [6, 6.07) is 9.74. The van der Waals surface area contributed by atoms with Gasteiger partial charge in [0.2, 0.25) is 11.7 Å². The molecule has 0 spiro atoms. The first-order valence-corrected chi connectivity index (χ1v) is 9.43. The summed E-state index contributed by atoms with van der Waals surface area (Å²) < 4.78 is 33.1. The maximum atomic E-state index is 14.0. The monoisotopic (exact) mass is 448 g/mol. The molecule has 0 unspecified atom stereocenters. The van der Waals surface area contributed by atoms with E-state index in [-0.39, 0.29) is 23.3 Å². The highest BCUT2D eigenvalue weighted by Crippen LogP contribution is 2.33. The van der Waals surface area contributed by atoms with Crippen LogP contribution in [0, 0.1) is 11.6 Å². The SMILES string of the molecule is O=C(Nc1ccccc1Br)N1CCC[C@H]1c1nc(-c2ccc(F)cc2F)no1. The van der Waals surface area contributed by atoms with E-state index in [4.69, 9.17) is 4.52 Å². The molecular weight excluding hydrogens is 434 g/mol. The van der Waals surface area contributed by atoms with Crippen molar-refractivity contribution in [2.24, 2.45) is 0 Å². The molecule has 2 heterocycles. The Kier molecular flexibility index (Phi) is 5.08. The van der Waals surface area contributed by atoms with E-state index in [1.54, 1.807) is 11.0 Å². The van der Waals surface area contributed by atoms with Gasteiger partial charge >= 0.3 is 6.03 Å². The predicted molar refractivity (Wildman–Crippen MR) is 101 cm³/mol. The van der Waals surface area contributed by atoms with Gasteiger partial charge in [0.15, 0.2) is 0 Å². The van der Waals surface area contributed by atoms with E-state index < -0.39 is 17.7 Å². The van der Waals surface area contributed by atoms with Gasteiger partial charge in [-0.25, -0.2) is 13.6 Å². The van der Waals surface area contributed by atoms with Crippen LogP contribution >= 0.6 is 15.9 Å². The first kappa shape index (κ1) is 18.5. The Balaban J connectivity index is 1.55. The molecule has 1 aliphatic rings. The lowest BCUT2D eigenvalue weighted by atomic mass is 10.2. The molecular formula is C19H15BrF2N4O2. The normalized spacial score (nSPS) is 16.4. The Morgan fingerprint density at radius 2 is 2.07 bits per heavy atom. The van der Waals surface area contributed by atoms with Crippen LogP contribution in [-0.4, -0.2) is 27.6 Å². The van der Waals surface area contributed by atoms with Gasteiger partial charge in [-0.2, -0.15) is 4.98 Å². The Hall–Kier alpha value is -2.81. The van der Waals surface area contributed by atoms with Crippen LogP contribution in [0.15, 0.2) is 51.5 Å². The fourth-order valence-corrected chi connectivity index (χ4v) is 3.55. The lowest BCUT2D eigenvalue weighted by Crippen LogP contribution is -2.34. The molecule has 1 aliphatic heterocycles. The third kappa shape index (κ3) is 3.62. The van der Waals surface area contributed by atoms with Gasteiger partial charge in [-0.05, 0) is 53.0 Å². The van der Waals surface area contributed by atoms with Crippen LogP contribution in [0.5, 0.6) is 0 Å². The number of carbonyl (C=O) groups is 1. The Morgan fingerprint density at radius 3 is 2.86 bits per heavy atom. The molecule has 1 saturated heterocycles. The standard InChI is InChI=1S/C19H15BrF2N4O2/c20-13-4-1-2-5-15(13)23-19(27)26-9-3-6-16(26)18-24-17(25-28-18)12-8-7-11(21)10-14(12)22/h1-2,4-5,7-8,10,16H,3,6,9H2,(H,23,27)/t16-/m0/s1. The van der Waals surface area contributed by atoms with E-state index in [1.807, 2.05) is 18.2 Å². The van der Waals surface area contributed by atoms with Crippen LogP contribution in [0.2, 0.25) is 0 Å². The lowest BCUT2D eigenvalue weighted by Gasteiger charge is -2.22. The first-order valence-electron chi connectivity index (χ1n) is 8.64. The molecule has 0 aliphatic carbocycles. The van der Waals surface area contributed by atoms with Gasteiger partial charge in [0.25, 0.3) is 0 Å². The van der Waals surface area contributed by atoms with E-state index in [9.17, 15) is 13.6 Å². The largest absolute Gasteiger partial charge is 0.337 e. The van der Waals surface area contributed by atoms with Crippen LogP contribution in [0.25, 0.3) is 11.4 Å². The van der Waals surface area contributed by atoms with Gasteiger partial charge < -0.3 is 14.7 Å². The minimum Gasteiger partial charge on any atom is -0.337 e. The van der Waals surface area contributed by atoms with Crippen molar-refractivity contribution in [3.63, 3.8) is 0 Å². The molecule has 6 nitrogen and oxygen atoms in total. The summed E-state index contributed by atoms with van der Waals surface area (Å²) in [5.74, 6) is -1.22. The maximum absolute atomic E-state index is 14.0. The highest BCUT2D eigenvalue weighted by Gasteiger charge is 2.34. The zero-order valence-electron chi connectivity index (χ0n) is 14.5. The zero-order chi connectivity index (χ0) is 19.7. The zero-order valence-corrected chi connectivity index (χ0v) is 16.1. The Labute approximate surface area is 167 Å². The molecule has 1 N–H and O–H groups in total. The minimum absolute atomic E-state index is 0.0190. The number of urea groups is 1. The van der Waals surface area contributed by atoms with E-state index in [1.165, 1.54) is 6.07 Å². The first-order chi connectivity index (χ1) is 13.5. The van der Waals surface area contributed by atoms with Gasteiger partial charge in [0, 0.05) is 17.1 Å². The number of nitrogens with one attached hydrogen (secondary N) is 1. The van der Waals surface area contributed by atoms with Gasteiger partial charge in [0.05, 0.1) is 11.3 Å². The van der Waals surface area contributed by atoms with E-state index in [0.29, 0.717) is 18.7 Å². The summed E-state index contributed by atoms with van der Waals surface area (Å²) in [6.07, 6.45) is 1.42. The average molecular weight is 449 g/mol. The van der Waals surface area contributed by atoms with E-state index in [0.717, 1.165) is 23.0 Å². The van der Waals surface area contributed by atoms with Crippen LogP contribution < -0.4 is 5.32 Å². The lowest BCUT2D eigenvalue weighted by molar-refractivity contribution is 0.193. The molecule has 2 amide bonds. The Bertz CT molecular complexity index is 1030. The van der Waals surface area contributed by atoms with Gasteiger partial charge in [-0.1, -0.05) is 17.3 Å². The van der Waals surface area contributed by atoms with Crippen molar-refractivity contribution in [2.75, 3.05) is 11.9 Å². The molecule has 2 aromatic carbocycles. The Morgan fingerprint density at radius 1 is 1.25 bits per heavy atom. The van der Waals surface area contributed by atoms with Crippen molar-refractivity contribution in [3.05, 3.63) is 64.5 Å². The summed E-state index contributed by atoms with van der Waals surface area (Å²) in [5, 5.41) is 6.65. The number of likely N-dealkylation sites (tertiary alicyclic amines) is 1. The summed E-state index contributed by atoms with van der Waals surface area (Å²) in [5.41, 5.74) is 0.691. The second-order valence-corrected chi connectivity index (χ2v) is 7.20. The topological polar surface area (TPSA) is 71.3 Å². The molecule has 0 bridgehead atoms. The summed E-state index contributed by atoms with van der Waals surface area (Å²) in [7, 11) is 0. The van der Waals surface area contributed by atoms with Crippen molar-refractivity contribution in [2.45, 2.75) is 18.9 Å². The van der Waals surface area contributed by atoms with Crippen LogP contribution in [-0.2, 0) is 0 Å². The smallest absolute Gasteiger partial charge is 0.322 e. The number of aromatic nitrogens is 2. The number of hydrogen-bond donors (Lipinski definition) is 1. The van der Waals surface area contributed by atoms with Crippen LogP contribution in [0.4, 0.5) is 19.3 Å². The summed E-state index contributed by atoms with van der Waals surface area (Å²) >= 11 is 3.40. The second-order valence-electron chi connectivity index (χ2n) is 6.34. The average Bonchev–Trinajstić information content (AvgIpc) is 3.32. The molecule has 144 valence electrons. The van der Waals surface area contributed by atoms with Crippen LogP contribution in [0.1, 0.15) is 24.8 Å². The van der Waals surface area contributed by atoms with Gasteiger partial charge in [-0.15, -0.1) is 0 Å². The molecule has 9 heteroatoms. The molecule has 0 saturated carbocycles. The van der Waals surface area contributed by atoms with Crippen molar-refractivity contribution in [1.29, 1.82) is 0 Å². The molecule has 1 fully saturated rings. The number of nitrogens with zero attached hydrogens (tertiary/aromatic N) is 3. The molecule has 28 heavy (non-hydrogen) atoms. The fraction of sp³-hybridized carbons (Fsp3) is 0.211. The highest BCUT2D eigenvalue weighted by atomic mass is 79.9.